The minimum absolute atomic E-state index is 0.131. The van der Waals surface area contributed by atoms with Crippen LogP contribution in [0.25, 0.3) is 0 Å². The molecule has 0 aromatic heterocycles. The molecule has 12 heteroatoms. The van der Waals surface area contributed by atoms with Crippen molar-refractivity contribution >= 4 is 25.7 Å². The number of hydrogen-bond donors (Lipinski definition) is 4. The van der Waals surface area contributed by atoms with E-state index in [-0.39, 0.29) is 12.8 Å². The average Bonchev–Trinajstić information content (AvgIpc) is 3.25. The fourth-order valence-corrected chi connectivity index (χ4v) is 6.79. The zero-order valence-corrected chi connectivity index (χ0v) is 39.3. The highest BCUT2D eigenvalue weighted by Gasteiger charge is 2.28. The van der Waals surface area contributed by atoms with Crippen LogP contribution in [-0.4, -0.2) is 64.9 Å². The molecule has 0 aliphatic carbocycles. The van der Waals surface area contributed by atoms with Gasteiger partial charge in [0.25, 0.3) is 0 Å². The Balaban J connectivity index is 3.93. The lowest BCUT2D eigenvalue weighted by Crippen LogP contribution is -2.43. The van der Waals surface area contributed by atoms with Crippen molar-refractivity contribution in [3.05, 3.63) is 85.1 Å². The molecule has 0 spiro atoms. The molecule has 1 amide bonds. The van der Waals surface area contributed by atoms with Gasteiger partial charge < -0.3 is 25.2 Å². The monoisotopic (exact) mass is 890 g/mol. The van der Waals surface area contributed by atoms with Crippen LogP contribution in [0.1, 0.15) is 181 Å². The number of aliphatic hydroxyl groups is 1. The molecule has 0 aromatic rings. The predicted molar refractivity (Wildman–Crippen MR) is 254 cm³/mol. The van der Waals surface area contributed by atoms with Crippen molar-refractivity contribution in [1.29, 1.82) is 0 Å². The Kier molecular flexibility index (Phi) is 41.9. The SMILES string of the molecule is CC/C=C\C/C=C\C/C=C\C/C=C\C/C=C\CCCCCCCC(=O)OCC(O)COP(=O)(O)OCC(NC(=O)CCCCCCCCC/C=C\C/C=C\CCCCC)C(=O)O. The molecule has 0 rings (SSSR count). The molecule has 4 N–H and O–H groups in total. The van der Waals surface area contributed by atoms with Gasteiger partial charge in [-0.25, -0.2) is 9.36 Å². The number of unbranched alkanes of at least 4 members (excludes halogenated alkanes) is 15. The molecule has 11 nitrogen and oxygen atoms in total. The second kappa shape index (κ2) is 44.3. The molecule has 0 heterocycles. The fraction of sp³-hybridized carbons (Fsp3) is 0.660. The van der Waals surface area contributed by atoms with Crippen LogP contribution in [0.5, 0.6) is 0 Å². The highest BCUT2D eigenvalue weighted by molar-refractivity contribution is 7.47. The van der Waals surface area contributed by atoms with Gasteiger partial charge in [0.2, 0.25) is 5.91 Å². The molecular formula is C50H84NO10P. The summed E-state index contributed by atoms with van der Waals surface area (Å²) in [6, 6.07) is -1.56. The number of hydrogen-bond acceptors (Lipinski definition) is 8. The maximum Gasteiger partial charge on any atom is 0.472 e. The Labute approximate surface area is 375 Å². The van der Waals surface area contributed by atoms with Crippen molar-refractivity contribution in [2.75, 3.05) is 19.8 Å². The zero-order chi connectivity index (χ0) is 45.6. The Morgan fingerprint density at radius 2 is 0.935 bits per heavy atom. The summed E-state index contributed by atoms with van der Waals surface area (Å²) in [5.41, 5.74) is 0. The van der Waals surface area contributed by atoms with Crippen LogP contribution in [0.2, 0.25) is 0 Å². The maximum atomic E-state index is 12.3. The fourth-order valence-electron chi connectivity index (χ4n) is 6.02. The van der Waals surface area contributed by atoms with Gasteiger partial charge in [-0.15, -0.1) is 0 Å². The van der Waals surface area contributed by atoms with Gasteiger partial charge in [0.05, 0.1) is 13.2 Å². The molecule has 0 aromatic carbocycles. The summed E-state index contributed by atoms with van der Waals surface area (Å²) in [6.07, 6.45) is 54.5. The van der Waals surface area contributed by atoms with Crippen molar-refractivity contribution in [2.45, 2.75) is 193 Å². The molecule has 0 aliphatic heterocycles. The van der Waals surface area contributed by atoms with Crippen molar-refractivity contribution in [1.82, 2.24) is 5.32 Å². The largest absolute Gasteiger partial charge is 0.480 e. The van der Waals surface area contributed by atoms with E-state index in [9.17, 15) is 34.1 Å². The summed E-state index contributed by atoms with van der Waals surface area (Å²) < 4.78 is 26.9. The third-order valence-electron chi connectivity index (χ3n) is 9.67. The van der Waals surface area contributed by atoms with Crippen molar-refractivity contribution in [3.8, 4) is 0 Å². The first-order chi connectivity index (χ1) is 30.1. The molecule has 3 atom stereocenters. The number of nitrogens with one attached hydrogen (secondary N) is 1. The number of phosphoric acid groups is 1. The summed E-state index contributed by atoms with van der Waals surface area (Å²) in [4.78, 5) is 46.0. The lowest BCUT2D eigenvalue weighted by Gasteiger charge is -2.18. The third kappa shape index (κ3) is 43.3. The Morgan fingerprint density at radius 3 is 1.40 bits per heavy atom. The number of esters is 1. The number of carboxylic acid groups (broad SMARTS) is 1. The Bertz CT molecular complexity index is 1370. The third-order valence-corrected chi connectivity index (χ3v) is 10.6. The normalized spacial score (nSPS) is 14.4. The van der Waals surface area contributed by atoms with Crippen molar-refractivity contribution < 1.29 is 47.8 Å². The van der Waals surface area contributed by atoms with Gasteiger partial charge in [-0.3, -0.25) is 18.6 Å². The first-order valence-electron chi connectivity index (χ1n) is 23.6. The number of rotatable bonds is 43. The summed E-state index contributed by atoms with van der Waals surface area (Å²) in [6.45, 7) is 2.42. The van der Waals surface area contributed by atoms with E-state index in [2.05, 4.69) is 104 Å². The van der Waals surface area contributed by atoms with Gasteiger partial charge in [-0.05, 0) is 89.9 Å². The standard InChI is InChI=1S/C50H84NO10P/c1-3-5-7-9-11-13-15-17-19-21-22-23-24-26-28-30-32-34-36-38-40-42-49(54)59-43-46(52)44-60-62(57,58)61-45-47(50(55)56)51-48(53)41-39-37-35-33-31-29-27-25-20-18-16-14-12-10-8-6-4-2/h5,7,11-14,17-20,22-23,26,28,46-47,52H,3-4,6,8-10,15-16,21,24-25,27,29-45H2,1-2H3,(H,51,53)(H,55,56)(H,57,58)/b7-5-,13-11-,14-12-,19-17-,20-18-,23-22-,28-26-. The molecule has 0 radical (unpaired) electrons. The summed E-state index contributed by atoms with van der Waals surface area (Å²) in [5.74, 6) is -2.41. The quantitative estimate of drug-likeness (QED) is 0.0200. The first-order valence-corrected chi connectivity index (χ1v) is 25.1. The lowest BCUT2D eigenvalue weighted by atomic mass is 10.1. The number of aliphatic hydroxyl groups excluding tert-OH is 1. The second-order valence-electron chi connectivity index (χ2n) is 15.6. The van der Waals surface area contributed by atoms with Crippen LogP contribution in [0.15, 0.2) is 85.1 Å². The van der Waals surface area contributed by atoms with Crippen LogP contribution < -0.4 is 5.32 Å². The highest BCUT2D eigenvalue weighted by atomic mass is 31.2. The molecule has 3 unspecified atom stereocenters. The van der Waals surface area contributed by atoms with Crippen LogP contribution in [0, 0.1) is 0 Å². The molecule has 0 aliphatic rings. The minimum atomic E-state index is -4.77. The topological polar surface area (TPSA) is 169 Å². The molecular weight excluding hydrogens is 806 g/mol. The summed E-state index contributed by atoms with van der Waals surface area (Å²) in [5, 5.41) is 21.9. The van der Waals surface area contributed by atoms with Crippen LogP contribution in [0.3, 0.4) is 0 Å². The number of allylic oxidation sites excluding steroid dienone is 14. The number of ether oxygens (including phenoxy) is 1. The molecule has 62 heavy (non-hydrogen) atoms. The molecule has 0 saturated carbocycles. The molecule has 354 valence electrons. The van der Waals surface area contributed by atoms with Gasteiger partial charge in [0, 0.05) is 12.8 Å². The second-order valence-corrected chi connectivity index (χ2v) is 17.0. The van der Waals surface area contributed by atoms with Crippen LogP contribution in [-0.2, 0) is 32.7 Å². The number of aliphatic carboxylic acids is 1. The first kappa shape index (κ1) is 58.7. The van der Waals surface area contributed by atoms with Gasteiger partial charge in [0.15, 0.2) is 6.04 Å². The van der Waals surface area contributed by atoms with Crippen LogP contribution >= 0.6 is 7.82 Å². The maximum absolute atomic E-state index is 12.3. The van der Waals surface area contributed by atoms with Crippen molar-refractivity contribution in [3.63, 3.8) is 0 Å². The molecule has 0 fully saturated rings. The van der Waals surface area contributed by atoms with E-state index in [0.717, 1.165) is 116 Å². The van der Waals surface area contributed by atoms with E-state index in [0.29, 0.717) is 12.8 Å². The molecule has 0 bridgehead atoms. The average molecular weight is 890 g/mol. The van der Waals surface area contributed by atoms with E-state index in [1.54, 1.807) is 0 Å². The van der Waals surface area contributed by atoms with E-state index in [4.69, 9.17) is 13.8 Å². The van der Waals surface area contributed by atoms with E-state index in [1.807, 2.05) is 0 Å². The van der Waals surface area contributed by atoms with Crippen LogP contribution in [0.4, 0.5) is 0 Å². The van der Waals surface area contributed by atoms with Gasteiger partial charge in [-0.1, -0.05) is 163 Å². The Morgan fingerprint density at radius 1 is 0.532 bits per heavy atom. The van der Waals surface area contributed by atoms with E-state index < -0.39 is 57.6 Å². The lowest BCUT2D eigenvalue weighted by molar-refractivity contribution is -0.147. The molecule has 0 saturated heterocycles. The summed E-state index contributed by atoms with van der Waals surface area (Å²) >= 11 is 0. The highest BCUT2D eigenvalue weighted by Crippen LogP contribution is 2.43. The smallest absolute Gasteiger partial charge is 0.472 e. The van der Waals surface area contributed by atoms with Gasteiger partial charge >= 0.3 is 19.8 Å². The number of carbonyl (C=O) groups excluding carboxylic acids is 2. The van der Waals surface area contributed by atoms with Crippen molar-refractivity contribution in [2.24, 2.45) is 0 Å². The predicted octanol–water partition coefficient (Wildman–Crippen LogP) is 12.7. The van der Waals surface area contributed by atoms with E-state index >= 15 is 0 Å². The van der Waals surface area contributed by atoms with Gasteiger partial charge in [0.1, 0.15) is 12.7 Å². The number of phosphoric ester groups is 1. The number of amides is 1. The number of carbonyl (C=O) groups is 3. The minimum Gasteiger partial charge on any atom is -0.480 e. The Hall–Kier alpha value is -3.34. The van der Waals surface area contributed by atoms with Gasteiger partial charge in [-0.2, -0.15) is 0 Å². The summed E-state index contributed by atoms with van der Waals surface area (Å²) in [7, 11) is -4.77. The zero-order valence-electron chi connectivity index (χ0n) is 38.4. The van der Waals surface area contributed by atoms with E-state index in [1.165, 1.54) is 25.7 Å². The number of carboxylic acids is 1.